The normalized spacial score (nSPS) is 13.0. The Kier molecular flexibility index (Phi) is 6.01. The van der Waals surface area contributed by atoms with E-state index in [0.717, 1.165) is 0 Å². The minimum absolute atomic E-state index is 0.0725. The topological polar surface area (TPSA) is 127 Å². The summed E-state index contributed by atoms with van der Waals surface area (Å²) in [7, 11) is -3.86. The number of aryl methyl sites for hydroxylation is 1. The fourth-order valence-corrected chi connectivity index (χ4v) is 3.24. The summed E-state index contributed by atoms with van der Waals surface area (Å²) in [5.41, 5.74) is 0.130. The van der Waals surface area contributed by atoms with Crippen LogP contribution in [0.25, 0.3) is 0 Å². The van der Waals surface area contributed by atoms with Crippen molar-refractivity contribution in [3.05, 3.63) is 39.9 Å². The van der Waals surface area contributed by atoms with Crippen molar-refractivity contribution in [2.24, 2.45) is 5.92 Å². The average molecular weight is 330 g/mol. The quantitative estimate of drug-likeness (QED) is 0.544. The molecule has 1 aromatic carbocycles. The van der Waals surface area contributed by atoms with Crippen molar-refractivity contribution in [2.45, 2.75) is 26.3 Å². The van der Waals surface area contributed by atoms with Crippen LogP contribution in [-0.4, -0.2) is 36.2 Å². The zero-order chi connectivity index (χ0) is 16.9. The van der Waals surface area contributed by atoms with Gasteiger partial charge in [-0.3, -0.25) is 14.9 Å². The van der Waals surface area contributed by atoms with Gasteiger partial charge in [-0.15, -0.1) is 0 Å². The summed E-state index contributed by atoms with van der Waals surface area (Å²) in [4.78, 5) is 21.3. The first-order valence-electron chi connectivity index (χ1n) is 6.59. The second-order valence-corrected chi connectivity index (χ2v) is 7.01. The molecule has 0 fully saturated rings. The van der Waals surface area contributed by atoms with Gasteiger partial charge in [0.1, 0.15) is 6.04 Å². The smallest absolute Gasteiger partial charge is 0.321 e. The van der Waals surface area contributed by atoms with E-state index in [-0.39, 0.29) is 17.7 Å². The fourth-order valence-electron chi connectivity index (χ4n) is 1.87. The number of para-hydroxylation sites is 1. The van der Waals surface area contributed by atoms with Crippen molar-refractivity contribution < 1.29 is 23.2 Å². The van der Waals surface area contributed by atoms with Gasteiger partial charge in [0.05, 0.1) is 10.7 Å². The molecular weight excluding hydrogens is 312 g/mol. The lowest BCUT2D eigenvalue weighted by molar-refractivity contribution is -0.385. The zero-order valence-electron chi connectivity index (χ0n) is 12.2. The molecule has 0 aliphatic rings. The molecule has 0 aliphatic heterocycles. The standard InChI is InChI=1S/C13H18N2O6S/c1-9(2)12(13(16)17)14-22(20,21)8-7-10-5-3-4-6-11(10)15(18)19/h3-6,9,12,14H,7-8H2,1-2H3,(H,16,17). The molecule has 0 bridgehead atoms. The Morgan fingerprint density at radius 1 is 1.36 bits per heavy atom. The molecule has 1 rings (SSSR count). The van der Waals surface area contributed by atoms with Crippen molar-refractivity contribution in [3.8, 4) is 0 Å². The SMILES string of the molecule is CC(C)C(NS(=O)(=O)CCc1ccccc1[N+](=O)[O-])C(=O)O. The van der Waals surface area contributed by atoms with Gasteiger partial charge < -0.3 is 5.11 Å². The van der Waals surface area contributed by atoms with Crippen LogP contribution in [0.5, 0.6) is 0 Å². The third-order valence-corrected chi connectivity index (χ3v) is 4.42. The summed E-state index contributed by atoms with van der Waals surface area (Å²) >= 11 is 0. The van der Waals surface area contributed by atoms with Crippen molar-refractivity contribution in [1.82, 2.24) is 4.72 Å². The van der Waals surface area contributed by atoms with Gasteiger partial charge in [-0.05, 0) is 12.3 Å². The first kappa shape index (κ1) is 18.1. The molecule has 0 saturated carbocycles. The molecule has 0 aliphatic carbocycles. The number of nitro groups is 1. The molecule has 0 amide bonds. The van der Waals surface area contributed by atoms with E-state index >= 15 is 0 Å². The highest BCUT2D eigenvalue weighted by atomic mass is 32.2. The van der Waals surface area contributed by atoms with Gasteiger partial charge in [-0.2, -0.15) is 0 Å². The van der Waals surface area contributed by atoms with Crippen LogP contribution < -0.4 is 4.72 Å². The summed E-state index contributed by atoms with van der Waals surface area (Å²) in [6.07, 6.45) is -0.0725. The molecule has 1 atom stereocenters. The maximum absolute atomic E-state index is 12.0. The fraction of sp³-hybridized carbons (Fsp3) is 0.462. The maximum Gasteiger partial charge on any atom is 0.321 e. The minimum Gasteiger partial charge on any atom is -0.480 e. The van der Waals surface area contributed by atoms with Crippen LogP contribution >= 0.6 is 0 Å². The number of carboxylic acids is 1. The predicted octanol–water partition coefficient (Wildman–Crippen LogP) is 1.17. The predicted molar refractivity (Wildman–Crippen MR) is 80.0 cm³/mol. The minimum atomic E-state index is -3.86. The largest absolute Gasteiger partial charge is 0.480 e. The number of aliphatic carboxylic acids is 1. The number of carboxylic acid groups (broad SMARTS) is 1. The maximum atomic E-state index is 12.0. The van der Waals surface area contributed by atoms with Gasteiger partial charge in [0, 0.05) is 11.6 Å². The molecule has 0 aromatic heterocycles. The third kappa shape index (κ3) is 5.08. The van der Waals surface area contributed by atoms with E-state index in [4.69, 9.17) is 5.11 Å². The van der Waals surface area contributed by atoms with Crippen LogP contribution in [0.2, 0.25) is 0 Å². The van der Waals surface area contributed by atoms with Crippen LogP contribution in [0.15, 0.2) is 24.3 Å². The Hall–Kier alpha value is -2.00. The molecule has 0 spiro atoms. The number of benzene rings is 1. The molecule has 0 heterocycles. The van der Waals surface area contributed by atoms with Crippen molar-refractivity contribution in [1.29, 1.82) is 0 Å². The van der Waals surface area contributed by atoms with Gasteiger partial charge >= 0.3 is 5.97 Å². The van der Waals surface area contributed by atoms with Crippen LogP contribution in [0, 0.1) is 16.0 Å². The van der Waals surface area contributed by atoms with Gasteiger partial charge in [0.2, 0.25) is 10.0 Å². The van der Waals surface area contributed by atoms with Crippen molar-refractivity contribution in [2.75, 3.05) is 5.75 Å². The first-order chi connectivity index (χ1) is 10.1. The highest BCUT2D eigenvalue weighted by molar-refractivity contribution is 7.89. The summed E-state index contributed by atoms with van der Waals surface area (Å²) < 4.78 is 26.0. The summed E-state index contributed by atoms with van der Waals surface area (Å²) in [5, 5.41) is 19.9. The lowest BCUT2D eigenvalue weighted by Gasteiger charge is -2.17. The van der Waals surface area contributed by atoms with Crippen LogP contribution in [0.4, 0.5) is 5.69 Å². The molecule has 1 aromatic rings. The molecule has 122 valence electrons. The number of carbonyl (C=O) groups is 1. The Morgan fingerprint density at radius 2 is 1.95 bits per heavy atom. The van der Waals surface area contributed by atoms with E-state index in [0.29, 0.717) is 0 Å². The molecule has 2 N–H and O–H groups in total. The van der Waals surface area contributed by atoms with E-state index < -0.39 is 38.6 Å². The third-order valence-electron chi connectivity index (χ3n) is 3.07. The van der Waals surface area contributed by atoms with Gasteiger partial charge in [-0.1, -0.05) is 32.0 Å². The molecule has 9 heteroatoms. The zero-order valence-corrected chi connectivity index (χ0v) is 13.0. The van der Waals surface area contributed by atoms with E-state index in [1.54, 1.807) is 19.9 Å². The number of nitrogens with one attached hydrogen (secondary N) is 1. The van der Waals surface area contributed by atoms with Crippen LogP contribution in [-0.2, 0) is 21.2 Å². The van der Waals surface area contributed by atoms with Crippen molar-refractivity contribution >= 4 is 21.7 Å². The highest BCUT2D eigenvalue weighted by Gasteiger charge is 2.27. The number of rotatable bonds is 8. The van der Waals surface area contributed by atoms with E-state index in [1.165, 1.54) is 18.2 Å². The lowest BCUT2D eigenvalue weighted by atomic mass is 10.1. The van der Waals surface area contributed by atoms with E-state index in [1.807, 2.05) is 0 Å². The molecule has 22 heavy (non-hydrogen) atoms. The van der Waals surface area contributed by atoms with E-state index in [2.05, 4.69) is 4.72 Å². The summed E-state index contributed by atoms with van der Waals surface area (Å²) in [6.45, 7) is 3.17. The number of hydrogen-bond donors (Lipinski definition) is 2. The highest BCUT2D eigenvalue weighted by Crippen LogP contribution is 2.18. The molecule has 0 saturated heterocycles. The number of sulfonamides is 1. The average Bonchev–Trinajstić information content (AvgIpc) is 2.42. The molecule has 8 nitrogen and oxygen atoms in total. The van der Waals surface area contributed by atoms with E-state index in [9.17, 15) is 23.3 Å². The Bertz CT molecular complexity index is 656. The van der Waals surface area contributed by atoms with Gasteiger partial charge in [0.25, 0.3) is 5.69 Å². The molecule has 0 radical (unpaired) electrons. The van der Waals surface area contributed by atoms with Crippen molar-refractivity contribution in [3.63, 3.8) is 0 Å². The van der Waals surface area contributed by atoms with Crippen LogP contribution in [0.1, 0.15) is 19.4 Å². The lowest BCUT2D eigenvalue weighted by Crippen LogP contribution is -2.45. The summed E-state index contributed by atoms with van der Waals surface area (Å²) in [6, 6.07) is 4.62. The van der Waals surface area contributed by atoms with Gasteiger partial charge in [-0.25, -0.2) is 13.1 Å². The van der Waals surface area contributed by atoms with Gasteiger partial charge in [0.15, 0.2) is 0 Å². The number of hydrogen-bond acceptors (Lipinski definition) is 5. The first-order valence-corrected chi connectivity index (χ1v) is 8.24. The monoisotopic (exact) mass is 330 g/mol. The van der Waals surface area contributed by atoms with Crippen LogP contribution in [0.3, 0.4) is 0 Å². The Balaban J connectivity index is 2.83. The Morgan fingerprint density at radius 3 is 2.45 bits per heavy atom. The molecule has 1 unspecified atom stereocenters. The Labute approximate surface area is 128 Å². The molecular formula is C13H18N2O6S. The second kappa shape index (κ2) is 7.32. The second-order valence-electron chi connectivity index (χ2n) is 5.13. The number of nitro benzene ring substituents is 1. The number of nitrogens with zero attached hydrogens (tertiary/aromatic N) is 1. The summed E-state index contributed by atoms with van der Waals surface area (Å²) in [5.74, 6) is -2.10.